The lowest BCUT2D eigenvalue weighted by atomic mass is 9.97. The van der Waals surface area contributed by atoms with Crippen molar-refractivity contribution in [2.24, 2.45) is 0 Å². The second-order valence-corrected chi connectivity index (χ2v) is 6.45. The molecule has 0 spiro atoms. The molecule has 2 N–H and O–H groups in total. The van der Waals surface area contributed by atoms with Gasteiger partial charge in [-0.05, 0) is 52.2 Å². The van der Waals surface area contributed by atoms with E-state index < -0.39 is 17.0 Å². The summed E-state index contributed by atoms with van der Waals surface area (Å²) in [5.41, 5.74) is 5.09. The Bertz CT molecular complexity index is 681. The number of amides is 1. The number of nitrogen functional groups attached to an aromatic ring is 1. The Morgan fingerprint density at radius 2 is 1.92 bits per heavy atom. The monoisotopic (exact) mass is 349 g/mol. The first-order valence-electron chi connectivity index (χ1n) is 8.29. The lowest BCUT2D eigenvalue weighted by molar-refractivity contribution is -0.383. The molecule has 1 aliphatic rings. The van der Waals surface area contributed by atoms with Gasteiger partial charge in [0.25, 0.3) is 11.6 Å². The third-order valence-corrected chi connectivity index (χ3v) is 4.54. The number of nitro benzene ring substituents is 1. The largest absolute Gasteiger partial charge is 0.449 e. The normalized spacial score (nSPS) is 21.5. The molecule has 136 valence electrons. The van der Waals surface area contributed by atoms with Crippen molar-refractivity contribution in [3.8, 4) is 0 Å². The predicted octanol–water partition coefficient (Wildman–Crippen LogP) is 2.51. The molecule has 1 heterocycles. The molecule has 8 heteroatoms. The van der Waals surface area contributed by atoms with Gasteiger partial charge in [-0.1, -0.05) is 0 Å². The number of piperidine rings is 1. The molecule has 25 heavy (non-hydrogen) atoms. The van der Waals surface area contributed by atoms with E-state index in [1.807, 2.05) is 13.8 Å². The Labute approximate surface area is 146 Å². The smallest absolute Gasteiger partial charge is 0.339 e. The summed E-state index contributed by atoms with van der Waals surface area (Å²) in [6.07, 6.45) is 1.93. The van der Waals surface area contributed by atoms with Crippen molar-refractivity contribution in [2.45, 2.75) is 58.2 Å². The van der Waals surface area contributed by atoms with Gasteiger partial charge in [0.15, 0.2) is 6.10 Å². The zero-order chi connectivity index (χ0) is 18.7. The van der Waals surface area contributed by atoms with Gasteiger partial charge in [0.2, 0.25) is 0 Å². The number of anilines is 1. The van der Waals surface area contributed by atoms with Gasteiger partial charge in [-0.25, -0.2) is 4.79 Å². The van der Waals surface area contributed by atoms with Crippen molar-refractivity contribution >= 4 is 23.3 Å². The van der Waals surface area contributed by atoms with Crippen molar-refractivity contribution in [2.75, 3.05) is 5.73 Å². The molecule has 0 unspecified atom stereocenters. The van der Waals surface area contributed by atoms with Crippen molar-refractivity contribution in [3.05, 3.63) is 33.9 Å². The standard InChI is InChI=1S/C17H23N3O5/c1-10-5-4-6-11(2)19(10)16(21)12(3)25-17(22)13-7-8-14(18)15(9-13)20(23)24/h7-12H,4-6,18H2,1-3H3/t10-,11-,12+/m0/s1. The minimum Gasteiger partial charge on any atom is -0.449 e. The molecule has 0 saturated carbocycles. The van der Waals surface area contributed by atoms with Gasteiger partial charge in [-0.2, -0.15) is 0 Å². The van der Waals surface area contributed by atoms with E-state index in [2.05, 4.69) is 0 Å². The molecule has 1 saturated heterocycles. The number of hydrogen-bond donors (Lipinski definition) is 1. The highest BCUT2D eigenvalue weighted by molar-refractivity contribution is 5.93. The zero-order valence-corrected chi connectivity index (χ0v) is 14.6. The number of nitrogens with two attached hydrogens (primary N) is 1. The van der Waals surface area contributed by atoms with Crippen molar-refractivity contribution < 1.29 is 19.2 Å². The number of ether oxygens (including phenoxy) is 1. The van der Waals surface area contributed by atoms with Crippen LogP contribution in [-0.4, -0.2) is 39.9 Å². The van der Waals surface area contributed by atoms with Crippen molar-refractivity contribution in [1.29, 1.82) is 0 Å². The Kier molecular flexibility index (Phi) is 5.61. The van der Waals surface area contributed by atoms with E-state index in [9.17, 15) is 19.7 Å². The van der Waals surface area contributed by atoms with Crippen LogP contribution in [-0.2, 0) is 9.53 Å². The van der Waals surface area contributed by atoms with E-state index in [1.54, 1.807) is 4.90 Å². The Balaban J connectivity index is 2.10. The molecule has 0 aliphatic carbocycles. The molecule has 1 fully saturated rings. The first kappa shape index (κ1) is 18.7. The minimum absolute atomic E-state index is 0.0136. The number of carbonyl (C=O) groups is 2. The maximum atomic E-state index is 12.6. The number of hydrogen-bond acceptors (Lipinski definition) is 6. The molecule has 1 aromatic carbocycles. The fourth-order valence-electron chi connectivity index (χ4n) is 3.17. The van der Waals surface area contributed by atoms with Gasteiger partial charge in [0.1, 0.15) is 5.69 Å². The van der Waals surface area contributed by atoms with Crippen LogP contribution in [0.2, 0.25) is 0 Å². The molecule has 0 radical (unpaired) electrons. The van der Waals surface area contributed by atoms with Gasteiger partial charge < -0.3 is 15.4 Å². The minimum atomic E-state index is -0.966. The highest BCUT2D eigenvalue weighted by Crippen LogP contribution is 2.25. The Hall–Kier alpha value is -2.64. The van der Waals surface area contributed by atoms with E-state index in [0.717, 1.165) is 25.3 Å². The van der Waals surface area contributed by atoms with Crippen LogP contribution in [0.4, 0.5) is 11.4 Å². The number of likely N-dealkylation sites (tertiary alicyclic amines) is 1. The first-order chi connectivity index (χ1) is 11.7. The van der Waals surface area contributed by atoms with Gasteiger partial charge in [0, 0.05) is 18.2 Å². The summed E-state index contributed by atoms with van der Waals surface area (Å²) in [7, 11) is 0. The van der Waals surface area contributed by atoms with Crippen molar-refractivity contribution in [1.82, 2.24) is 4.90 Å². The number of nitrogens with zero attached hydrogens (tertiary/aromatic N) is 2. The van der Waals surface area contributed by atoms with E-state index >= 15 is 0 Å². The highest BCUT2D eigenvalue weighted by atomic mass is 16.6. The molecular weight excluding hydrogens is 326 g/mol. The molecule has 1 aromatic rings. The summed E-state index contributed by atoms with van der Waals surface area (Å²) in [6, 6.07) is 3.86. The number of rotatable bonds is 4. The zero-order valence-electron chi connectivity index (χ0n) is 14.6. The van der Waals surface area contributed by atoms with Gasteiger partial charge >= 0.3 is 5.97 Å². The third kappa shape index (κ3) is 4.07. The van der Waals surface area contributed by atoms with E-state index in [4.69, 9.17) is 10.5 Å². The third-order valence-electron chi connectivity index (χ3n) is 4.54. The Morgan fingerprint density at radius 3 is 2.48 bits per heavy atom. The molecule has 1 amide bonds. The maximum absolute atomic E-state index is 12.6. The topological polar surface area (TPSA) is 116 Å². The summed E-state index contributed by atoms with van der Waals surface area (Å²) >= 11 is 0. The van der Waals surface area contributed by atoms with Crippen LogP contribution in [0.5, 0.6) is 0 Å². The summed E-state index contributed by atoms with van der Waals surface area (Å²) in [6.45, 7) is 5.47. The quantitative estimate of drug-likeness (QED) is 0.386. The SMILES string of the molecule is C[C@@H](OC(=O)c1ccc(N)c([N+](=O)[O-])c1)C(=O)N1[C@@H](C)CCC[C@@H]1C. The summed E-state index contributed by atoms with van der Waals surface area (Å²) < 4.78 is 5.23. The lowest BCUT2D eigenvalue weighted by Gasteiger charge is -2.40. The molecule has 0 bridgehead atoms. The van der Waals surface area contributed by atoms with Crippen LogP contribution < -0.4 is 5.73 Å². The van der Waals surface area contributed by atoms with E-state index in [0.29, 0.717) is 0 Å². The van der Waals surface area contributed by atoms with Crippen LogP contribution in [0.1, 0.15) is 50.4 Å². The predicted molar refractivity (Wildman–Crippen MR) is 92.0 cm³/mol. The summed E-state index contributed by atoms with van der Waals surface area (Å²) in [4.78, 5) is 36.9. The summed E-state index contributed by atoms with van der Waals surface area (Å²) in [5.74, 6) is -1.04. The van der Waals surface area contributed by atoms with E-state index in [1.165, 1.54) is 19.1 Å². The number of nitro groups is 1. The maximum Gasteiger partial charge on any atom is 0.339 e. The van der Waals surface area contributed by atoms with Crippen LogP contribution >= 0.6 is 0 Å². The average molecular weight is 349 g/mol. The molecule has 2 rings (SSSR count). The second kappa shape index (κ2) is 7.50. The number of benzene rings is 1. The number of carbonyl (C=O) groups excluding carboxylic acids is 2. The van der Waals surface area contributed by atoms with Crippen LogP contribution in [0, 0.1) is 10.1 Å². The lowest BCUT2D eigenvalue weighted by Crippen LogP contribution is -2.51. The first-order valence-corrected chi connectivity index (χ1v) is 8.29. The fraction of sp³-hybridized carbons (Fsp3) is 0.529. The fourth-order valence-corrected chi connectivity index (χ4v) is 3.17. The molecule has 1 aliphatic heterocycles. The molecular formula is C17H23N3O5. The molecule has 0 aromatic heterocycles. The van der Waals surface area contributed by atoms with Crippen LogP contribution in [0.3, 0.4) is 0 Å². The van der Waals surface area contributed by atoms with Gasteiger partial charge in [-0.15, -0.1) is 0 Å². The number of esters is 1. The molecule has 3 atom stereocenters. The molecule has 8 nitrogen and oxygen atoms in total. The van der Waals surface area contributed by atoms with Gasteiger partial charge in [-0.3, -0.25) is 14.9 Å². The van der Waals surface area contributed by atoms with Crippen LogP contribution in [0.25, 0.3) is 0 Å². The second-order valence-electron chi connectivity index (χ2n) is 6.45. The summed E-state index contributed by atoms with van der Waals surface area (Å²) in [5, 5.41) is 10.9. The van der Waals surface area contributed by atoms with Crippen molar-refractivity contribution in [3.63, 3.8) is 0 Å². The average Bonchev–Trinajstić information content (AvgIpc) is 2.54. The Morgan fingerprint density at radius 1 is 1.32 bits per heavy atom. The highest BCUT2D eigenvalue weighted by Gasteiger charge is 2.33. The van der Waals surface area contributed by atoms with E-state index in [-0.39, 0.29) is 34.9 Å². The van der Waals surface area contributed by atoms with Crippen LogP contribution in [0.15, 0.2) is 18.2 Å². The van der Waals surface area contributed by atoms with Gasteiger partial charge in [0.05, 0.1) is 10.5 Å².